The van der Waals surface area contributed by atoms with Gasteiger partial charge in [0.2, 0.25) is 0 Å². The molecule has 43 heavy (non-hydrogen) atoms. The molecule has 0 fully saturated rings. The van der Waals surface area contributed by atoms with Gasteiger partial charge in [-0.2, -0.15) is 0 Å². The molecule has 2 atom stereocenters. The highest BCUT2D eigenvalue weighted by Crippen LogP contribution is 2.22. The highest BCUT2D eigenvalue weighted by molar-refractivity contribution is 5.95. The lowest BCUT2D eigenvalue weighted by Crippen LogP contribution is -2.36. The molecule has 2 aromatic rings. The van der Waals surface area contributed by atoms with Gasteiger partial charge < -0.3 is 30.8 Å². The van der Waals surface area contributed by atoms with Crippen molar-refractivity contribution in [2.75, 3.05) is 13.2 Å². The fraction of sp³-hybridized carbons (Fsp3) is 0.406. The van der Waals surface area contributed by atoms with Gasteiger partial charge in [0.15, 0.2) is 5.78 Å². The lowest BCUT2D eigenvalue weighted by Gasteiger charge is -2.18. The Bertz CT molecular complexity index is 1180. The standard InChI is InChI=1S/C16H20O3.C9H10O3.C7H13NO4/c1-16(2,3)13-7-4-12(5-8-13)6-9-14(17)10-11-15(18)19;10-6-8(9(11)12)7-4-2-1-3-5-7;1-2-8-5(7(11)12)3-4-6(9)10/h4-9H,10-11H2,1-3H3,(H,18,19);1-5,8,10H,6H2,(H,11,12);5,8H,2-4H2,1H3,(H,9,10)(H,11,12)/b9-6+;;/t;;5-/m..1/s1. The van der Waals surface area contributed by atoms with Crippen LogP contribution < -0.4 is 5.32 Å². The Morgan fingerprint density at radius 3 is 1.77 bits per heavy atom. The quantitative estimate of drug-likeness (QED) is 0.170. The van der Waals surface area contributed by atoms with Gasteiger partial charge in [-0.3, -0.25) is 24.0 Å². The average molecular weight is 602 g/mol. The van der Waals surface area contributed by atoms with E-state index in [2.05, 4.69) is 26.1 Å². The molecule has 11 heteroatoms. The van der Waals surface area contributed by atoms with E-state index < -0.39 is 35.8 Å². The molecule has 0 radical (unpaired) electrons. The van der Waals surface area contributed by atoms with Gasteiger partial charge in [-0.05, 0) is 41.1 Å². The predicted octanol–water partition coefficient (Wildman–Crippen LogP) is 4.19. The molecule has 0 heterocycles. The molecule has 0 bridgehead atoms. The Balaban J connectivity index is 0.000000644. The summed E-state index contributed by atoms with van der Waals surface area (Å²) >= 11 is 0. The second-order valence-corrected chi connectivity index (χ2v) is 10.4. The summed E-state index contributed by atoms with van der Waals surface area (Å²) in [4.78, 5) is 52.9. The van der Waals surface area contributed by atoms with Crippen LogP contribution in [0.25, 0.3) is 6.08 Å². The zero-order chi connectivity index (χ0) is 33.0. The lowest BCUT2D eigenvalue weighted by atomic mass is 9.87. The summed E-state index contributed by atoms with van der Waals surface area (Å²) in [6, 6.07) is 15.9. The van der Waals surface area contributed by atoms with Gasteiger partial charge in [0.25, 0.3) is 0 Å². The third-order valence-corrected chi connectivity index (χ3v) is 5.90. The Morgan fingerprint density at radius 1 is 0.791 bits per heavy atom. The number of carboxylic acid groups (broad SMARTS) is 4. The molecule has 0 spiro atoms. The number of likely N-dealkylation sites (N-methyl/N-ethyl adjacent to an activating group) is 1. The number of hydrogen-bond acceptors (Lipinski definition) is 7. The van der Waals surface area contributed by atoms with Crippen LogP contribution in [-0.4, -0.2) is 74.4 Å². The van der Waals surface area contributed by atoms with Gasteiger partial charge in [0.05, 0.1) is 13.0 Å². The first-order valence-electron chi connectivity index (χ1n) is 13.7. The van der Waals surface area contributed by atoms with Crippen molar-refractivity contribution in [3.05, 3.63) is 77.4 Å². The van der Waals surface area contributed by atoms with Crippen molar-refractivity contribution in [1.29, 1.82) is 0 Å². The number of carbonyl (C=O) groups is 5. The molecule has 2 rings (SSSR count). The Labute approximate surface area is 251 Å². The molecule has 0 saturated carbocycles. The SMILES string of the molecule is CC(C)(C)c1ccc(/C=C/C(=O)CCC(=O)O)cc1.CCN[C@H](CCC(=O)O)C(=O)O.O=C(O)C(CO)c1ccccc1. The molecule has 0 aliphatic heterocycles. The number of aliphatic carboxylic acids is 4. The van der Waals surface area contributed by atoms with E-state index in [0.29, 0.717) is 12.1 Å². The number of benzene rings is 2. The normalized spacial score (nSPS) is 12.1. The van der Waals surface area contributed by atoms with Crippen molar-refractivity contribution in [1.82, 2.24) is 5.32 Å². The summed E-state index contributed by atoms with van der Waals surface area (Å²) in [5.74, 6) is -4.88. The highest BCUT2D eigenvalue weighted by atomic mass is 16.4. The van der Waals surface area contributed by atoms with E-state index in [1.54, 1.807) is 43.3 Å². The van der Waals surface area contributed by atoms with Gasteiger partial charge in [0.1, 0.15) is 12.0 Å². The number of ketones is 1. The maximum atomic E-state index is 11.4. The van der Waals surface area contributed by atoms with Crippen molar-refractivity contribution >= 4 is 35.7 Å². The van der Waals surface area contributed by atoms with Crippen LogP contribution in [0.4, 0.5) is 0 Å². The van der Waals surface area contributed by atoms with E-state index in [4.69, 9.17) is 25.5 Å². The first-order valence-corrected chi connectivity index (χ1v) is 13.7. The van der Waals surface area contributed by atoms with Crippen LogP contribution in [0.5, 0.6) is 0 Å². The van der Waals surface area contributed by atoms with E-state index in [1.807, 2.05) is 24.3 Å². The van der Waals surface area contributed by atoms with Gasteiger partial charge in [-0.1, -0.05) is 88.4 Å². The van der Waals surface area contributed by atoms with Crippen LogP contribution in [0.1, 0.15) is 76.0 Å². The number of allylic oxidation sites excluding steroid dienone is 1. The fourth-order valence-electron chi connectivity index (χ4n) is 3.44. The zero-order valence-corrected chi connectivity index (χ0v) is 25.0. The second-order valence-electron chi connectivity index (χ2n) is 10.4. The van der Waals surface area contributed by atoms with Crippen LogP contribution in [0.15, 0.2) is 60.7 Å². The lowest BCUT2D eigenvalue weighted by molar-refractivity contribution is -0.141. The molecule has 0 amide bonds. The Hall–Kier alpha value is -4.35. The van der Waals surface area contributed by atoms with Crippen molar-refractivity contribution in [3.8, 4) is 0 Å². The highest BCUT2D eigenvalue weighted by Gasteiger charge is 2.18. The minimum absolute atomic E-state index is 0.0475. The van der Waals surface area contributed by atoms with Gasteiger partial charge in [-0.25, -0.2) is 0 Å². The van der Waals surface area contributed by atoms with Crippen LogP contribution in [-0.2, 0) is 29.4 Å². The average Bonchev–Trinajstić information content (AvgIpc) is 2.94. The van der Waals surface area contributed by atoms with E-state index in [0.717, 1.165) is 5.56 Å². The van der Waals surface area contributed by atoms with Crippen molar-refractivity contribution in [2.24, 2.45) is 0 Å². The Kier molecular flexibility index (Phi) is 18.4. The van der Waals surface area contributed by atoms with Crippen LogP contribution in [0.3, 0.4) is 0 Å². The summed E-state index contributed by atoms with van der Waals surface area (Å²) in [6.07, 6.45) is 3.09. The number of aliphatic hydroxyl groups is 1. The maximum Gasteiger partial charge on any atom is 0.320 e. The second kappa shape index (κ2) is 20.5. The molecule has 0 aromatic heterocycles. The van der Waals surface area contributed by atoms with E-state index >= 15 is 0 Å². The van der Waals surface area contributed by atoms with Crippen molar-refractivity contribution < 1.29 is 49.5 Å². The Morgan fingerprint density at radius 2 is 1.35 bits per heavy atom. The molecular formula is C32H43NO10. The largest absolute Gasteiger partial charge is 0.481 e. The molecule has 1 unspecified atom stereocenters. The molecular weight excluding hydrogens is 558 g/mol. The molecule has 236 valence electrons. The summed E-state index contributed by atoms with van der Waals surface area (Å²) < 4.78 is 0. The minimum Gasteiger partial charge on any atom is -0.481 e. The molecule has 2 aromatic carbocycles. The maximum absolute atomic E-state index is 11.4. The van der Waals surface area contributed by atoms with Crippen molar-refractivity contribution in [3.63, 3.8) is 0 Å². The molecule has 0 aliphatic carbocycles. The van der Waals surface area contributed by atoms with Crippen LogP contribution in [0.2, 0.25) is 0 Å². The first kappa shape index (κ1) is 38.6. The number of nitrogens with one attached hydrogen (secondary N) is 1. The number of hydrogen-bond donors (Lipinski definition) is 6. The summed E-state index contributed by atoms with van der Waals surface area (Å²) in [5.41, 5.74) is 2.92. The summed E-state index contributed by atoms with van der Waals surface area (Å²) in [6.45, 7) is 8.38. The third-order valence-electron chi connectivity index (χ3n) is 5.90. The predicted molar refractivity (Wildman–Crippen MR) is 162 cm³/mol. The van der Waals surface area contributed by atoms with E-state index in [9.17, 15) is 24.0 Å². The third kappa shape index (κ3) is 17.9. The first-order chi connectivity index (χ1) is 20.1. The number of carbonyl (C=O) groups excluding carboxylic acids is 1. The van der Waals surface area contributed by atoms with Gasteiger partial charge in [-0.15, -0.1) is 0 Å². The number of aliphatic hydroxyl groups excluding tert-OH is 1. The van der Waals surface area contributed by atoms with Crippen LogP contribution >= 0.6 is 0 Å². The summed E-state index contributed by atoms with van der Waals surface area (Å²) in [5, 5.41) is 45.4. The smallest absolute Gasteiger partial charge is 0.320 e. The van der Waals surface area contributed by atoms with E-state index in [-0.39, 0.29) is 43.5 Å². The fourth-order valence-corrected chi connectivity index (χ4v) is 3.44. The zero-order valence-electron chi connectivity index (χ0n) is 25.0. The molecule has 0 aliphatic rings. The molecule has 0 saturated heterocycles. The van der Waals surface area contributed by atoms with E-state index in [1.165, 1.54) is 11.6 Å². The topological polar surface area (TPSA) is 199 Å². The number of rotatable bonds is 14. The molecule has 11 nitrogen and oxygen atoms in total. The molecule has 6 N–H and O–H groups in total. The van der Waals surface area contributed by atoms with Crippen LogP contribution in [0, 0.1) is 0 Å². The monoisotopic (exact) mass is 601 g/mol. The number of carboxylic acids is 4. The van der Waals surface area contributed by atoms with Gasteiger partial charge in [0, 0.05) is 12.8 Å². The van der Waals surface area contributed by atoms with Crippen molar-refractivity contribution in [2.45, 2.75) is 70.8 Å². The summed E-state index contributed by atoms with van der Waals surface area (Å²) in [7, 11) is 0. The minimum atomic E-state index is -1.00. The van der Waals surface area contributed by atoms with Gasteiger partial charge >= 0.3 is 23.9 Å².